The predicted octanol–water partition coefficient (Wildman–Crippen LogP) is 2.50. The van der Waals surface area contributed by atoms with Crippen molar-refractivity contribution in [3.8, 4) is 6.07 Å². The fourth-order valence-electron chi connectivity index (χ4n) is 1.50. The molecule has 1 aromatic carbocycles. The van der Waals surface area contributed by atoms with Gasteiger partial charge in [-0.1, -0.05) is 12.1 Å². The molecule has 76 valence electrons. The molecule has 0 atom stereocenters. The Hall–Kier alpha value is -1.96. The van der Waals surface area contributed by atoms with Gasteiger partial charge in [-0.15, -0.1) is 0 Å². The molecule has 0 radical (unpaired) electrons. The predicted molar refractivity (Wildman–Crippen MR) is 50.3 cm³/mol. The third-order valence-corrected chi connectivity index (χ3v) is 2.11. The largest absolute Gasteiger partial charge is 0.309 e. The molecule has 0 unspecified atom stereocenters. The third kappa shape index (κ3) is 1.54. The minimum absolute atomic E-state index is 0.111. The fraction of sp³-hybridized carbons (Fsp3) is 0.200. The molecule has 0 aliphatic rings. The van der Waals surface area contributed by atoms with Gasteiger partial charge < -0.3 is 4.57 Å². The molecule has 3 nitrogen and oxygen atoms in total. The van der Waals surface area contributed by atoms with Gasteiger partial charge in [-0.25, -0.2) is 13.8 Å². The number of halogens is 2. The lowest BCUT2D eigenvalue weighted by molar-refractivity contribution is 0.137. The van der Waals surface area contributed by atoms with Crippen molar-refractivity contribution in [1.82, 2.24) is 9.55 Å². The summed E-state index contributed by atoms with van der Waals surface area (Å²) in [5.41, 5.74) is 1.05. The first-order valence-corrected chi connectivity index (χ1v) is 4.34. The number of fused-ring (bicyclic) bond motifs is 1. The normalized spacial score (nSPS) is 10.8. The molecule has 0 amide bonds. The first-order valence-electron chi connectivity index (χ1n) is 4.34. The number of nitriles is 1. The second-order valence-corrected chi connectivity index (χ2v) is 3.00. The van der Waals surface area contributed by atoms with Gasteiger partial charge in [0.2, 0.25) is 0 Å². The van der Waals surface area contributed by atoms with E-state index in [4.69, 9.17) is 5.26 Å². The summed E-state index contributed by atoms with van der Waals surface area (Å²) >= 11 is 0. The van der Waals surface area contributed by atoms with Crippen LogP contribution in [0.2, 0.25) is 0 Å². The summed E-state index contributed by atoms with van der Waals surface area (Å²) in [4.78, 5) is 3.79. The first kappa shape index (κ1) is 9.59. The highest BCUT2D eigenvalue weighted by molar-refractivity contribution is 5.76. The highest BCUT2D eigenvalue weighted by Gasteiger charge is 2.17. The lowest BCUT2D eigenvalue weighted by Crippen LogP contribution is -2.02. The Kier molecular flexibility index (Phi) is 2.34. The second kappa shape index (κ2) is 3.65. The molecular formula is C10H7F2N3. The molecule has 0 spiro atoms. The minimum atomic E-state index is -2.66. The Morgan fingerprint density at radius 1 is 1.40 bits per heavy atom. The average molecular weight is 207 g/mol. The molecule has 5 heteroatoms. The van der Waals surface area contributed by atoms with Crippen LogP contribution in [0.3, 0.4) is 0 Å². The minimum Gasteiger partial charge on any atom is -0.309 e. The number of aromatic nitrogens is 2. The van der Waals surface area contributed by atoms with Gasteiger partial charge in [-0.2, -0.15) is 5.26 Å². The standard InChI is InChI=1S/C10H7F2N3/c11-9(12)10-14-7-3-1-2-4-8(7)15(10)6-5-13/h1-4,9H,6H2. The summed E-state index contributed by atoms with van der Waals surface area (Å²) in [5.74, 6) is -0.349. The summed E-state index contributed by atoms with van der Waals surface area (Å²) in [6.45, 7) is -0.111. The molecule has 1 heterocycles. The molecule has 0 aliphatic heterocycles. The van der Waals surface area contributed by atoms with Crippen LogP contribution in [0.5, 0.6) is 0 Å². The summed E-state index contributed by atoms with van der Waals surface area (Å²) in [7, 11) is 0. The van der Waals surface area contributed by atoms with Gasteiger partial charge >= 0.3 is 0 Å². The molecule has 2 rings (SSSR count). The molecule has 0 N–H and O–H groups in total. The second-order valence-electron chi connectivity index (χ2n) is 3.00. The Morgan fingerprint density at radius 2 is 2.13 bits per heavy atom. The van der Waals surface area contributed by atoms with Gasteiger partial charge in [0.25, 0.3) is 6.43 Å². The van der Waals surface area contributed by atoms with Gasteiger partial charge in [0.15, 0.2) is 5.82 Å². The molecular weight excluding hydrogens is 200 g/mol. The number of alkyl halides is 2. The highest BCUT2D eigenvalue weighted by atomic mass is 19.3. The van der Waals surface area contributed by atoms with Crippen molar-refractivity contribution in [2.75, 3.05) is 0 Å². The average Bonchev–Trinajstić information content (AvgIpc) is 2.58. The Morgan fingerprint density at radius 3 is 2.80 bits per heavy atom. The van der Waals surface area contributed by atoms with E-state index in [-0.39, 0.29) is 12.4 Å². The SMILES string of the molecule is N#CCn1c(C(F)F)nc2ccccc21. The van der Waals surface area contributed by atoms with Crippen molar-refractivity contribution >= 4 is 11.0 Å². The molecule has 0 saturated heterocycles. The smallest absolute Gasteiger partial charge is 0.295 e. The molecule has 0 fully saturated rings. The van der Waals surface area contributed by atoms with E-state index >= 15 is 0 Å². The molecule has 0 aliphatic carbocycles. The van der Waals surface area contributed by atoms with Crippen LogP contribution >= 0.6 is 0 Å². The van der Waals surface area contributed by atoms with Crippen molar-refractivity contribution in [2.45, 2.75) is 13.0 Å². The quantitative estimate of drug-likeness (QED) is 0.759. The van der Waals surface area contributed by atoms with Crippen LogP contribution in [-0.2, 0) is 6.54 Å². The molecule has 0 saturated carbocycles. The first-order chi connectivity index (χ1) is 7.24. The highest BCUT2D eigenvalue weighted by Crippen LogP contribution is 2.23. The lowest BCUT2D eigenvalue weighted by Gasteiger charge is -2.02. The monoisotopic (exact) mass is 207 g/mol. The van der Waals surface area contributed by atoms with Crippen LogP contribution in [0, 0.1) is 11.3 Å². The van der Waals surface area contributed by atoms with E-state index < -0.39 is 6.43 Å². The summed E-state index contributed by atoms with van der Waals surface area (Å²) in [6, 6.07) is 8.62. The maximum atomic E-state index is 12.6. The molecule has 2 aromatic rings. The zero-order chi connectivity index (χ0) is 10.8. The van der Waals surface area contributed by atoms with E-state index in [1.807, 2.05) is 6.07 Å². The lowest BCUT2D eigenvalue weighted by atomic mass is 10.3. The van der Waals surface area contributed by atoms with Crippen LogP contribution in [0.1, 0.15) is 12.2 Å². The van der Waals surface area contributed by atoms with E-state index in [0.717, 1.165) is 0 Å². The number of rotatable bonds is 2. The summed E-state index contributed by atoms with van der Waals surface area (Å²) in [6.07, 6.45) is -2.66. The van der Waals surface area contributed by atoms with Crippen LogP contribution in [-0.4, -0.2) is 9.55 Å². The molecule has 1 aromatic heterocycles. The van der Waals surface area contributed by atoms with Crippen LogP contribution in [0.15, 0.2) is 24.3 Å². The van der Waals surface area contributed by atoms with Crippen molar-refractivity contribution < 1.29 is 8.78 Å². The fourth-order valence-corrected chi connectivity index (χ4v) is 1.50. The van der Waals surface area contributed by atoms with E-state index in [1.54, 1.807) is 24.3 Å². The summed E-state index contributed by atoms with van der Waals surface area (Å²) in [5, 5.41) is 8.56. The Labute approximate surface area is 84.6 Å². The van der Waals surface area contributed by atoms with Crippen LogP contribution in [0.25, 0.3) is 11.0 Å². The van der Waals surface area contributed by atoms with Crippen molar-refractivity contribution in [1.29, 1.82) is 5.26 Å². The van der Waals surface area contributed by atoms with Crippen LogP contribution in [0.4, 0.5) is 8.78 Å². The Bertz CT molecular complexity index is 525. The van der Waals surface area contributed by atoms with E-state index in [2.05, 4.69) is 4.98 Å². The zero-order valence-corrected chi connectivity index (χ0v) is 7.69. The third-order valence-electron chi connectivity index (χ3n) is 2.11. The van der Waals surface area contributed by atoms with Crippen LogP contribution < -0.4 is 0 Å². The summed E-state index contributed by atoms with van der Waals surface area (Å²) < 4.78 is 26.4. The number of imidazole rings is 1. The zero-order valence-electron chi connectivity index (χ0n) is 7.69. The van der Waals surface area contributed by atoms with Crippen molar-refractivity contribution in [3.63, 3.8) is 0 Å². The van der Waals surface area contributed by atoms with E-state index in [9.17, 15) is 8.78 Å². The van der Waals surface area contributed by atoms with E-state index in [1.165, 1.54) is 4.57 Å². The van der Waals surface area contributed by atoms with Crippen molar-refractivity contribution in [2.24, 2.45) is 0 Å². The van der Waals surface area contributed by atoms with Gasteiger partial charge in [0, 0.05) is 0 Å². The van der Waals surface area contributed by atoms with Gasteiger partial charge in [-0.05, 0) is 12.1 Å². The number of para-hydroxylation sites is 2. The number of benzene rings is 1. The van der Waals surface area contributed by atoms with Gasteiger partial charge in [0.1, 0.15) is 6.54 Å². The van der Waals surface area contributed by atoms with Gasteiger partial charge in [-0.3, -0.25) is 0 Å². The Balaban J connectivity index is 2.70. The maximum absolute atomic E-state index is 12.6. The molecule has 15 heavy (non-hydrogen) atoms. The molecule has 0 bridgehead atoms. The topological polar surface area (TPSA) is 41.6 Å². The maximum Gasteiger partial charge on any atom is 0.295 e. The number of nitrogens with zero attached hydrogens (tertiary/aromatic N) is 3. The van der Waals surface area contributed by atoms with Crippen molar-refractivity contribution in [3.05, 3.63) is 30.1 Å². The number of hydrogen-bond acceptors (Lipinski definition) is 2. The number of hydrogen-bond donors (Lipinski definition) is 0. The van der Waals surface area contributed by atoms with E-state index in [0.29, 0.717) is 11.0 Å². The van der Waals surface area contributed by atoms with Gasteiger partial charge in [0.05, 0.1) is 17.1 Å².